The molecular weight excluding hydrogens is 196 g/mol. The zero-order chi connectivity index (χ0) is 13.5. The fraction of sp³-hybridized carbons (Fsp3) is 0.636. The van der Waals surface area contributed by atoms with Crippen molar-refractivity contribution >= 4 is 23.1 Å². The molecule has 0 aromatic rings. The van der Waals surface area contributed by atoms with E-state index in [-0.39, 0.29) is 18.0 Å². The second-order valence-corrected chi connectivity index (χ2v) is 3.32. The van der Waals surface area contributed by atoms with Gasteiger partial charge in [-0.05, 0) is 34.6 Å². The highest BCUT2D eigenvalue weighted by atomic mass is 16.2. The minimum atomic E-state index is -1.53. The first kappa shape index (κ1) is 13.7. The summed E-state index contributed by atoms with van der Waals surface area (Å²) in [5.74, 6) is -2.47. The van der Waals surface area contributed by atoms with E-state index in [1.807, 2.05) is 0 Å². The average molecular weight is 215 g/mol. The Labute approximate surface area is 91.4 Å². The highest BCUT2D eigenvalue weighted by Crippen LogP contribution is 1.95. The Balaban J connectivity index is 0. The fourth-order valence-electron chi connectivity index (χ4n) is 0.598. The quantitative estimate of drug-likeness (QED) is 0.664. The molecule has 4 heteroatoms. The number of carbonyl (C=O) groups excluding carboxylic acids is 4. The summed E-state index contributed by atoms with van der Waals surface area (Å²) >= 11 is 0. The maximum Gasteiger partial charge on any atom is 0.139 e. The lowest BCUT2D eigenvalue weighted by Crippen LogP contribution is -2.14. The topological polar surface area (TPSA) is 68.3 Å². The van der Waals surface area contributed by atoms with Crippen LogP contribution in [-0.2, 0) is 19.2 Å². The van der Waals surface area contributed by atoms with Crippen LogP contribution in [0.3, 0.4) is 0 Å². The van der Waals surface area contributed by atoms with Crippen LogP contribution in [0, 0.1) is 5.89 Å². The molecule has 0 aliphatic rings. The standard InChI is InChI=1S/C6H10O2.C5H8O2/c1-4(5(2)7)6(3)8;1-4(6)3-5(2)7/h4H,1-3H3;3H2,1-2H3/i4D;. The maximum atomic E-state index is 10.5. The Morgan fingerprint density at radius 1 is 0.933 bits per heavy atom. The third kappa shape index (κ3) is 12.7. The van der Waals surface area contributed by atoms with Crippen molar-refractivity contribution in [1.82, 2.24) is 0 Å². The van der Waals surface area contributed by atoms with Crippen molar-refractivity contribution in [3.05, 3.63) is 0 Å². The smallest absolute Gasteiger partial charge is 0.139 e. The van der Waals surface area contributed by atoms with Gasteiger partial charge in [0.25, 0.3) is 0 Å². The number of hydrogen-bond acceptors (Lipinski definition) is 4. The Morgan fingerprint density at radius 2 is 1.20 bits per heavy atom. The lowest BCUT2D eigenvalue weighted by atomic mass is 10.0. The van der Waals surface area contributed by atoms with Gasteiger partial charge >= 0.3 is 0 Å². The van der Waals surface area contributed by atoms with Crippen LogP contribution in [0.15, 0.2) is 0 Å². The Morgan fingerprint density at radius 3 is 1.20 bits per heavy atom. The van der Waals surface area contributed by atoms with Crippen molar-refractivity contribution < 1.29 is 20.5 Å². The van der Waals surface area contributed by atoms with Crippen molar-refractivity contribution in [2.45, 2.75) is 41.0 Å². The molecule has 4 nitrogen and oxygen atoms in total. The second kappa shape index (κ2) is 8.03. The van der Waals surface area contributed by atoms with Crippen molar-refractivity contribution in [3.8, 4) is 0 Å². The molecule has 0 atom stereocenters. The van der Waals surface area contributed by atoms with E-state index in [4.69, 9.17) is 1.37 Å². The van der Waals surface area contributed by atoms with Gasteiger partial charge in [-0.3, -0.25) is 19.2 Å². The predicted octanol–water partition coefficient (Wildman–Crippen LogP) is 1.35. The third-order valence-corrected chi connectivity index (χ3v) is 1.55. The van der Waals surface area contributed by atoms with Gasteiger partial charge in [-0.25, -0.2) is 0 Å². The van der Waals surface area contributed by atoms with Gasteiger partial charge in [0.15, 0.2) is 0 Å². The molecule has 15 heavy (non-hydrogen) atoms. The minimum Gasteiger partial charge on any atom is -0.300 e. The van der Waals surface area contributed by atoms with Crippen molar-refractivity contribution in [1.29, 1.82) is 0 Å². The number of Topliss-reactive ketones (excluding diaryl/α,β-unsaturated/α-hetero) is 4. The molecule has 0 aromatic heterocycles. The van der Waals surface area contributed by atoms with Crippen LogP contribution in [0.25, 0.3) is 0 Å². The van der Waals surface area contributed by atoms with E-state index in [9.17, 15) is 19.2 Å². The first-order valence-electron chi connectivity index (χ1n) is 5.02. The lowest BCUT2D eigenvalue weighted by molar-refractivity contribution is -0.130. The van der Waals surface area contributed by atoms with E-state index in [1.54, 1.807) is 0 Å². The normalized spacial score (nSPS) is 10.6. The van der Waals surface area contributed by atoms with Crippen LogP contribution in [0.4, 0.5) is 0 Å². The Bertz CT molecular complexity index is 277. The van der Waals surface area contributed by atoms with E-state index >= 15 is 0 Å². The Kier molecular flexibility index (Phi) is 7.32. The predicted molar refractivity (Wildman–Crippen MR) is 56.5 cm³/mol. The van der Waals surface area contributed by atoms with Crippen molar-refractivity contribution in [2.24, 2.45) is 5.89 Å². The summed E-state index contributed by atoms with van der Waals surface area (Å²) in [6, 6.07) is 0. The van der Waals surface area contributed by atoms with Gasteiger partial charge in [-0.1, -0.05) is 0 Å². The van der Waals surface area contributed by atoms with E-state index in [0.717, 1.165) is 0 Å². The summed E-state index contributed by atoms with van der Waals surface area (Å²) in [4.78, 5) is 41.1. The molecule has 0 N–H and O–H groups in total. The molecule has 0 unspecified atom stereocenters. The lowest BCUT2D eigenvalue weighted by Gasteiger charge is -1.97. The van der Waals surface area contributed by atoms with E-state index in [0.29, 0.717) is 0 Å². The average Bonchev–Trinajstić information content (AvgIpc) is 2.01. The molecule has 0 spiro atoms. The van der Waals surface area contributed by atoms with Crippen LogP contribution < -0.4 is 0 Å². The number of ketones is 4. The van der Waals surface area contributed by atoms with Crippen LogP contribution in [-0.4, -0.2) is 23.1 Å². The molecule has 0 radical (unpaired) electrons. The highest BCUT2D eigenvalue weighted by molar-refractivity contribution is 5.99. The zero-order valence-electron chi connectivity index (χ0n) is 10.8. The van der Waals surface area contributed by atoms with Crippen molar-refractivity contribution in [3.63, 3.8) is 0 Å². The largest absolute Gasteiger partial charge is 0.300 e. The van der Waals surface area contributed by atoms with E-state index in [2.05, 4.69) is 0 Å². The molecule has 0 heterocycles. The molecule has 0 aromatic carbocycles. The maximum absolute atomic E-state index is 10.5. The van der Waals surface area contributed by atoms with Crippen LogP contribution in [0.2, 0.25) is 0 Å². The molecular formula is C11H18O4. The van der Waals surface area contributed by atoms with Crippen LogP contribution >= 0.6 is 0 Å². The fourth-order valence-corrected chi connectivity index (χ4v) is 0.598. The van der Waals surface area contributed by atoms with Crippen LogP contribution in [0.1, 0.15) is 42.4 Å². The first-order valence-corrected chi connectivity index (χ1v) is 4.52. The first-order chi connectivity index (χ1) is 7.01. The van der Waals surface area contributed by atoms with Crippen LogP contribution in [0.5, 0.6) is 0 Å². The van der Waals surface area contributed by atoms with Gasteiger partial charge in [-0.2, -0.15) is 0 Å². The minimum absolute atomic E-state index is 0.0625. The molecule has 0 amide bonds. The third-order valence-electron chi connectivity index (χ3n) is 1.55. The summed E-state index contributed by atoms with van der Waals surface area (Å²) < 4.78 is 7.14. The van der Waals surface area contributed by atoms with E-state index in [1.165, 1.54) is 34.6 Å². The van der Waals surface area contributed by atoms with Gasteiger partial charge < -0.3 is 0 Å². The summed E-state index contributed by atoms with van der Waals surface area (Å²) in [6.45, 7) is 6.60. The van der Waals surface area contributed by atoms with E-state index < -0.39 is 17.5 Å². The zero-order valence-corrected chi connectivity index (χ0v) is 9.84. The summed E-state index contributed by atoms with van der Waals surface area (Å²) in [5.41, 5.74) is 0. The van der Waals surface area contributed by atoms with Gasteiger partial charge in [0.1, 0.15) is 23.1 Å². The molecule has 0 fully saturated rings. The monoisotopic (exact) mass is 215 g/mol. The van der Waals surface area contributed by atoms with Gasteiger partial charge in [-0.15, -0.1) is 0 Å². The summed E-state index contributed by atoms with van der Waals surface area (Å²) in [6.07, 6.45) is 0.0833. The molecule has 0 rings (SSSR count). The van der Waals surface area contributed by atoms with Gasteiger partial charge in [0, 0.05) is 1.37 Å². The SMILES string of the molecule is CC(=O)CC(C)=O.[2H]C(C)(C(C)=O)C(C)=O. The summed E-state index contributed by atoms with van der Waals surface area (Å²) in [5, 5.41) is 0. The molecule has 0 bridgehead atoms. The highest BCUT2D eigenvalue weighted by Gasteiger charge is 2.11. The Hall–Kier alpha value is -1.32. The number of rotatable bonds is 4. The molecule has 0 aliphatic heterocycles. The number of carbonyl (C=O) groups is 4. The van der Waals surface area contributed by atoms with Crippen molar-refractivity contribution in [2.75, 3.05) is 0 Å². The molecule has 0 saturated heterocycles. The summed E-state index contributed by atoms with van der Waals surface area (Å²) in [7, 11) is 0. The van der Waals surface area contributed by atoms with Gasteiger partial charge in [0.2, 0.25) is 0 Å². The van der Waals surface area contributed by atoms with Gasteiger partial charge in [0.05, 0.1) is 12.3 Å². The second-order valence-electron chi connectivity index (χ2n) is 3.32. The molecule has 86 valence electrons. The molecule has 0 saturated carbocycles. The molecule has 0 aliphatic carbocycles. The number of hydrogen-bond donors (Lipinski definition) is 0.